The minimum atomic E-state index is -4.67. The van der Waals surface area contributed by atoms with Crippen molar-refractivity contribution >= 4 is 11.7 Å². The van der Waals surface area contributed by atoms with Gasteiger partial charge >= 0.3 is 6.18 Å². The Labute approximate surface area is 152 Å². The molecule has 0 radical (unpaired) electrons. The van der Waals surface area contributed by atoms with Crippen LogP contribution in [0.2, 0.25) is 0 Å². The minimum Gasteiger partial charge on any atom is -0.348 e. The average molecular weight is 380 g/mol. The second-order valence-electron chi connectivity index (χ2n) is 6.48. The van der Waals surface area contributed by atoms with Crippen molar-refractivity contribution < 1.29 is 27.2 Å². The maximum atomic E-state index is 13.4. The molecule has 8 heteroatoms. The van der Waals surface area contributed by atoms with Crippen molar-refractivity contribution in [2.45, 2.75) is 32.0 Å². The molecule has 1 amide bonds. The molecule has 1 aromatic heterocycles. The number of halogens is 4. The van der Waals surface area contributed by atoms with Gasteiger partial charge < -0.3 is 5.32 Å². The number of carbonyl (C=O) groups is 2. The summed E-state index contributed by atoms with van der Waals surface area (Å²) >= 11 is 0. The van der Waals surface area contributed by atoms with Crippen LogP contribution in [-0.4, -0.2) is 16.7 Å². The Balaban J connectivity index is 1.65. The van der Waals surface area contributed by atoms with E-state index in [9.17, 15) is 27.2 Å². The fraction of sp³-hybridized carbons (Fsp3) is 0.316. The van der Waals surface area contributed by atoms with Gasteiger partial charge in [-0.1, -0.05) is 0 Å². The number of benzene rings is 1. The highest BCUT2D eigenvalue weighted by Gasteiger charge is 2.31. The standard InChI is InChI=1S/C19H16F4N2O2/c20-15-6-11(5-14(8-15)19(21,22)23)10-25-18(27)13-3-4-24-16(7-13)9-17(26)12-1-2-12/h3-8,12H,1-2,9-10H2,(H,25,27). The van der Waals surface area contributed by atoms with Crippen molar-refractivity contribution in [3.05, 3.63) is 64.7 Å². The quantitative estimate of drug-likeness (QED) is 0.778. The summed E-state index contributed by atoms with van der Waals surface area (Å²) in [5.74, 6) is -1.41. The van der Waals surface area contributed by atoms with Crippen molar-refractivity contribution in [1.82, 2.24) is 10.3 Å². The molecule has 1 saturated carbocycles. The van der Waals surface area contributed by atoms with Crippen molar-refractivity contribution in [3.8, 4) is 0 Å². The van der Waals surface area contributed by atoms with Crippen molar-refractivity contribution in [1.29, 1.82) is 0 Å². The Bertz CT molecular complexity index is 876. The van der Waals surface area contributed by atoms with E-state index in [-0.39, 0.29) is 35.8 Å². The van der Waals surface area contributed by atoms with E-state index < -0.39 is 23.5 Å². The zero-order valence-corrected chi connectivity index (χ0v) is 14.1. The number of alkyl halides is 3. The maximum absolute atomic E-state index is 13.4. The molecule has 0 spiro atoms. The number of Topliss-reactive ketones (excluding diaryl/α,β-unsaturated/α-hetero) is 1. The second kappa shape index (κ2) is 7.46. The van der Waals surface area contributed by atoms with Crippen molar-refractivity contribution in [3.63, 3.8) is 0 Å². The number of rotatable bonds is 6. The largest absolute Gasteiger partial charge is 0.416 e. The number of pyridine rings is 1. The third-order valence-corrected chi connectivity index (χ3v) is 4.20. The third-order valence-electron chi connectivity index (χ3n) is 4.20. The molecule has 1 heterocycles. The van der Waals surface area contributed by atoms with Crippen LogP contribution in [0.25, 0.3) is 0 Å². The van der Waals surface area contributed by atoms with Crippen LogP contribution >= 0.6 is 0 Å². The topological polar surface area (TPSA) is 59.1 Å². The van der Waals surface area contributed by atoms with Crippen LogP contribution in [0, 0.1) is 11.7 Å². The summed E-state index contributed by atoms with van der Waals surface area (Å²) in [6.45, 7) is -0.266. The van der Waals surface area contributed by atoms with Gasteiger partial charge in [0.2, 0.25) is 0 Å². The monoisotopic (exact) mass is 380 g/mol. The first-order valence-electron chi connectivity index (χ1n) is 8.35. The van der Waals surface area contributed by atoms with Crippen LogP contribution < -0.4 is 5.32 Å². The molecule has 142 valence electrons. The van der Waals surface area contributed by atoms with E-state index in [1.165, 1.54) is 18.3 Å². The predicted octanol–water partition coefficient (Wildman–Crippen LogP) is 3.69. The highest BCUT2D eigenvalue weighted by Crippen LogP contribution is 2.31. The summed E-state index contributed by atoms with van der Waals surface area (Å²) in [5, 5.41) is 2.45. The average Bonchev–Trinajstić information content (AvgIpc) is 3.44. The number of amides is 1. The Morgan fingerprint density at radius 2 is 1.89 bits per heavy atom. The molecule has 27 heavy (non-hydrogen) atoms. The first-order chi connectivity index (χ1) is 12.7. The molecule has 0 saturated heterocycles. The van der Waals surface area contributed by atoms with E-state index in [4.69, 9.17) is 0 Å². The molecule has 0 atom stereocenters. The summed E-state index contributed by atoms with van der Waals surface area (Å²) < 4.78 is 51.6. The fourth-order valence-corrected chi connectivity index (χ4v) is 2.64. The van der Waals surface area contributed by atoms with Gasteiger partial charge in [-0.3, -0.25) is 14.6 Å². The predicted molar refractivity (Wildman–Crippen MR) is 88.2 cm³/mol. The smallest absolute Gasteiger partial charge is 0.348 e. The summed E-state index contributed by atoms with van der Waals surface area (Å²) in [5.41, 5.74) is -0.425. The first kappa shape index (κ1) is 19.0. The van der Waals surface area contributed by atoms with Gasteiger partial charge in [0, 0.05) is 36.3 Å². The lowest BCUT2D eigenvalue weighted by atomic mass is 10.1. The number of nitrogens with one attached hydrogen (secondary N) is 1. The number of hydrogen-bond acceptors (Lipinski definition) is 3. The summed E-state index contributed by atoms with van der Waals surface area (Å²) in [4.78, 5) is 28.1. The summed E-state index contributed by atoms with van der Waals surface area (Å²) in [6.07, 6.45) is -1.37. The molecule has 1 aliphatic carbocycles. The molecule has 0 unspecified atom stereocenters. The Kier molecular flexibility index (Phi) is 5.25. The third kappa shape index (κ3) is 5.12. The molecular formula is C19H16F4N2O2. The van der Waals surface area contributed by atoms with Crippen LogP contribution in [0.1, 0.15) is 40.0 Å². The van der Waals surface area contributed by atoms with Crippen LogP contribution in [-0.2, 0) is 23.9 Å². The van der Waals surface area contributed by atoms with Gasteiger partial charge in [-0.05, 0) is 48.7 Å². The lowest BCUT2D eigenvalue weighted by Gasteiger charge is -2.10. The Morgan fingerprint density at radius 3 is 2.56 bits per heavy atom. The van der Waals surface area contributed by atoms with Gasteiger partial charge in [0.05, 0.1) is 5.56 Å². The molecular weight excluding hydrogens is 364 g/mol. The number of ketones is 1. The SMILES string of the molecule is O=C(NCc1cc(F)cc(C(F)(F)F)c1)c1ccnc(CC(=O)C2CC2)c1. The van der Waals surface area contributed by atoms with Gasteiger partial charge in [-0.25, -0.2) is 4.39 Å². The van der Waals surface area contributed by atoms with Crippen LogP contribution in [0.15, 0.2) is 36.5 Å². The van der Waals surface area contributed by atoms with Gasteiger partial charge in [0.1, 0.15) is 11.6 Å². The number of nitrogens with zero attached hydrogens (tertiary/aromatic N) is 1. The van der Waals surface area contributed by atoms with E-state index in [1.807, 2.05) is 0 Å². The molecule has 0 aliphatic heterocycles. The van der Waals surface area contributed by atoms with Gasteiger partial charge in [0.15, 0.2) is 0 Å². The zero-order chi connectivity index (χ0) is 19.6. The highest BCUT2D eigenvalue weighted by atomic mass is 19.4. The fourth-order valence-electron chi connectivity index (χ4n) is 2.64. The normalized spacial score (nSPS) is 14.1. The first-order valence-corrected chi connectivity index (χ1v) is 8.35. The zero-order valence-electron chi connectivity index (χ0n) is 14.1. The lowest BCUT2D eigenvalue weighted by Crippen LogP contribution is -2.23. The number of hydrogen-bond donors (Lipinski definition) is 1. The minimum absolute atomic E-state index is 0.00568. The Hall–Kier alpha value is -2.77. The molecule has 1 aliphatic rings. The van der Waals surface area contributed by atoms with Gasteiger partial charge in [-0.15, -0.1) is 0 Å². The van der Waals surface area contributed by atoms with E-state index in [0.717, 1.165) is 25.0 Å². The summed E-state index contributed by atoms with van der Waals surface area (Å²) in [6, 6.07) is 5.03. The van der Waals surface area contributed by atoms with Crippen molar-refractivity contribution in [2.24, 2.45) is 5.92 Å². The molecule has 3 rings (SSSR count). The molecule has 0 bridgehead atoms. The Morgan fingerprint density at radius 1 is 1.15 bits per heavy atom. The van der Waals surface area contributed by atoms with Crippen LogP contribution in [0.5, 0.6) is 0 Å². The van der Waals surface area contributed by atoms with Crippen molar-refractivity contribution in [2.75, 3.05) is 0 Å². The van der Waals surface area contributed by atoms with Crippen LogP contribution in [0.3, 0.4) is 0 Å². The molecule has 4 nitrogen and oxygen atoms in total. The number of carbonyl (C=O) groups excluding carboxylic acids is 2. The lowest BCUT2D eigenvalue weighted by molar-refractivity contribution is -0.137. The van der Waals surface area contributed by atoms with Gasteiger partial charge in [0.25, 0.3) is 5.91 Å². The second-order valence-corrected chi connectivity index (χ2v) is 6.48. The molecule has 1 N–H and O–H groups in total. The number of aromatic nitrogens is 1. The highest BCUT2D eigenvalue weighted by molar-refractivity contribution is 5.94. The van der Waals surface area contributed by atoms with E-state index in [0.29, 0.717) is 11.8 Å². The van der Waals surface area contributed by atoms with E-state index >= 15 is 0 Å². The van der Waals surface area contributed by atoms with E-state index in [2.05, 4.69) is 10.3 Å². The maximum Gasteiger partial charge on any atom is 0.416 e. The molecule has 1 fully saturated rings. The summed E-state index contributed by atoms with van der Waals surface area (Å²) in [7, 11) is 0. The van der Waals surface area contributed by atoms with E-state index in [1.54, 1.807) is 0 Å². The van der Waals surface area contributed by atoms with Gasteiger partial charge in [-0.2, -0.15) is 13.2 Å². The molecule has 2 aromatic rings. The van der Waals surface area contributed by atoms with Crippen LogP contribution in [0.4, 0.5) is 17.6 Å². The molecule has 1 aromatic carbocycles.